The van der Waals surface area contributed by atoms with E-state index < -0.39 is 0 Å². The lowest BCUT2D eigenvalue weighted by Gasteiger charge is -2.40. The van der Waals surface area contributed by atoms with Crippen LogP contribution in [0.2, 0.25) is 0 Å². The van der Waals surface area contributed by atoms with Gasteiger partial charge in [0.1, 0.15) is 6.10 Å². The molecule has 3 heteroatoms. The fraction of sp³-hybridized carbons (Fsp3) is 1.00. The molecule has 0 radical (unpaired) electrons. The standard InChI is InChI=1S/C13H26O3/c1-3-5-6-7-8-9-16-12-10-11(14)13(12)15-4-2/h11-14H,3-10H2,1-2H3. The van der Waals surface area contributed by atoms with E-state index in [0.29, 0.717) is 6.61 Å². The Morgan fingerprint density at radius 3 is 2.44 bits per heavy atom. The Balaban J connectivity index is 1.96. The number of hydrogen-bond acceptors (Lipinski definition) is 3. The SMILES string of the molecule is CCCCCCCOC1CC(O)C1OCC. The molecule has 0 amide bonds. The molecular formula is C13H26O3. The van der Waals surface area contributed by atoms with Crippen LogP contribution in [0.3, 0.4) is 0 Å². The molecule has 1 aliphatic rings. The van der Waals surface area contributed by atoms with Crippen molar-refractivity contribution in [1.29, 1.82) is 0 Å². The van der Waals surface area contributed by atoms with Crippen LogP contribution in [0.5, 0.6) is 0 Å². The molecule has 0 heterocycles. The van der Waals surface area contributed by atoms with Crippen molar-refractivity contribution in [1.82, 2.24) is 0 Å². The molecule has 1 rings (SSSR count). The second-order valence-electron chi connectivity index (χ2n) is 4.55. The zero-order chi connectivity index (χ0) is 11.8. The summed E-state index contributed by atoms with van der Waals surface area (Å²) in [6.45, 7) is 5.63. The van der Waals surface area contributed by atoms with Gasteiger partial charge < -0.3 is 14.6 Å². The van der Waals surface area contributed by atoms with Crippen LogP contribution in [0.15, 0.2) is 0 Å². The second-order valence-corrected chi connectivity index (χ2v) is 4.55. The van der Waals surface area contributed by atoms with Gasteiger partial charge in [0.2, 0.25) is 0 Å². The van der Waals surface area contributed by atoms with Gasteiger partial charge in [-0.05, 0) is 13.3 Å². The predicted molar refractivity (Wildman–Crippen MR) is 64.5 cm³/mol. The van der Waals surface area contributed by atoms with Crippen molar-refractivity contribution < 1.29 is 14.6 Å². The molecule has 96 valence electrons. The van der Waals surface area contributed by atoms with Crippen LogP contribution in [0.25, 0.3) is 0 Å². The average Bonchev–Trinajstić information content (AvgIpc) is 2.29. The zero-order valence-corrected chi connectivity index (χ0v) is 10.7. The largest absolute Gasteiger partial charge is 0.390 e. The highest BCUT2D eigenvalue weighted by Crippen LogP contribution is 2.27. The lowest BCUT2D eigenvalue weighted by molar-refractivity contribution is -0.190. The van der Waals surface area contributed by atoms with Crippen LogP contribution in [0.1, 0.15) is 52.4 Å². The number of unbranched alkanes of at least 4 members (excludes halogenated alkanes) is 4. The first-order valence-electron chi connectivity index (χ1n) is 6.70. The summed E-state index contributed by atoms with van der Waals surface area (Å²) in [6.07, 6.45) is 6.76. The fourth-order valence-corrected chi connectivity index (χ4v) is 2.07. The first-order chi connectivity index (χ1) is 7.79. The number of hydrogen-bond donors (Lipinski definition) is 1. The molecule has 0 aromatic carbocycles. The molecule has 3 atom stereocenters. The minimum absolute atomic E-state index is 0.0827. The Labute approximate surface area is 99.1 Å². The first-order valence-corrected chi connectivity index (χ1v) is 6.70. The molecule has 3 unspecified atom stereocenters. The summed E-state index contributed by atoms with van der Waals surface area (Å²) >= 11 is 0. The van der Waals surface area contributed by atoms with E-state index in [4.69, 9.17) is 9.47 Å². The van der Waals surface area contributed by atoms with Gasteiger partial charge in [-0.15, -0.1) is 0 Å². The molecule has 0 aromatic heterocycles. The lowest BCUT2D eigenvalue weighted by Crippen LogP contribution is -2.53. The Morgan fingerprint density at radius 2 is 1.81 bits per heavy atom. The minimum atomic E-state index is -0.315. The molecule has 0 spiro atoms. The van der Waals surface area contributed by atoms with Crippen molar-refractivity contribution in [3.05, 3.63) is 0 Å². The number of rotatable bonds is 9. The van der Waals surface area contributed by atoms with E-state index in [2.05, 4.69) is 6.92 Å². The number of aliphatic hydroxyl groups excluding tert-OH is 1. The lowest BCUT2D eigenvalue weighted by atomic mass is 9.88. The average molecular weight is 230 g/mol. The maximum absolute atomic E-state index is 9.48. The van der Waals surface area contributed by atoms with Crippen LogP contribution in [0, 0.1) is 0 Å². The fourth-order valence-electron chi connectivity index (χ4n) is 2.07. The maximum Gasteiger partial charge on any atom is 0.110 e. The summed E-state index contributed by atoms with van der Waals surface area (Å²) in [6, 6.07) is 0. The summed E-state index contributed by atoms with van der Waals surface area (Å²) < 4.78 is 11.1. The first kappa shape index (κ1) is 13.9. The van der Waals surface area contributed by atoms with Gasteiger partial charge in [0.05, 0.1) is 12.2 Å². The summed E-state index contributed by atoms with van der Waals surface area (Å²) in [5.74, 6) is 0. The van der Waals surface area contributed by atoms with Crippen LogP contribution < -0.4 is 0 Å². The van der Waals surface area contributed by atoms with Crippen molar-refractivity contribution in [3.8, 4) is 0 Å². The van der Waals surface area contributed by atoms with E-state index in [1.807, 2.05) is 6.92 Å². The quantitative estimate of drug-likeness (QED) is 0.619. The molecule has 16 heavy (non-hydrogen) atoms. The van der Waals surface area contributed by atoms with Crippen molar-refractivity contribution in [2.75, 3.05) is 13.2 Å². The monoisotopic (exact) mass is 230 g/mol. The predicted octanol–water partition coefficient (Wildman–Crippen LogP) is 2.51. The van der Waals surface area contributed by atoms with Gasteiger partial charge in [-0.1, -0.05) is 32.6 Å². The molecule has 0 bridgehead atoms. The van der Waals surface area contributed by atoms with Crippen LogP contribution in [0.4, 0.5) is 0 Å². The van der Waals surface area contributed by atoms with Gasteiger partial charge in [0.25, 0.3) is 0 Å². The summed E-state index contributed by atoms with van der Waals surface area (Å²) in [5, 5.41) is 9.48. The normalized spacial score (nSPS) is 29.1. The third-order valence-corrected chi connectivity index (χ3v) is 3.16. The summed E-state index contributed by atoms with van der Waals surface area (Å²) in [5.41, 5.74) is 0. The van der Waals surface area contributed by atoms with Crippen molar-refractivity contribution in [2.45, 2.75) is 70.7 Å². The molecular weight excluding hydrogens is 204 g/mol. The van der Waals surface area contributed by atoms with Gasteiger partial charge in [0, 0.05) is 19.6 Å². The Kier molecular flexibility index (Phi) is 7.01. The van der Waals surface area contributed by atoms with Gasteiger partial charge in [-0.3, -0.25) is 0 Å². The van der Waals surface area contributed by atoms with Crippen LogP contribution in [-0.4, -0.2) is 36.6 Å². The van der Waals surface area contributed by atoms with Gasteiger partial charge in [0.15, 0.2) is 0 Å². The Bertz CT molecular complexity index is 173. The zero-order valence-electron chi connectivity index (χ0n) is 10.7. The van der Waals surface area contributed by atoms with E-state index >= 15 is 0 Å². The smallest absolute Gasteiger partial charge is 0.110 e. The highest BCUT2D eigenvalue weighted by molar-refractivity contribution is 4.91. The molecule has 1 N–H and O–H groups in total. The molecule has 1 aliphatic carbocycles. The highest BCUT2D eigenvalue weighted by Gasteiger charge is 2.41. The van der Waals surface area contributed by atoms with Crippen LogP contribution in [-0.2, 0) is 9.47 Å². The van der Waals surface area contributed by atoms with E-state index in [1.165, 1.54) is 25.7 Å². The number of aliphatic hydroxyl groups is 1. The second kappa shape index (κ2) is 8.04. The molecule has 0 aliphatic heterocycles. The molecule has 3 nitrogen and oxygen atoms in total. The molecule has 1 fully saturated rings. The van der Waals surface area contributed by atoms with Crippen LogP contribution >= 0.6 is 0 Å². The topological polar surface area (TPSA) is 38.7 Å². The van der Waals surface area contributed by atoms with Crippen molar-refractivity contribution in [2.24, 2.45) is 0 Å². The molecule has 0 aromatic rings. The summed E-state index contributed by atoms with van der Waals surface area (Å²) in [7, 11) is 0. The third-order valence-electron chi connectivity index (χ3n) is 3.16. The van der Waals surface area contributed by atoms with Crippen molar-refractivity contribution >= 4 is 0 Å². The number of ether oxygens (including phenoxy) is 2. The van der Waals surface area contributed by atoms with E-state index in [-0.39, 0.29) is 18.3 Å². The van der Waals surface area contributed by atoms with Crippen molar-refractivity contribution in [3.63, 3.8) is 0 Å². The van der Waals surface area contributed by atoms with E-state index in [9.17, 15) is 5.11 Å². The van der Waals surface area contributed by atoms with Gasteiger partial charge in [-0.25, -0.2) is 0 Å². The van der Waals surface area contributed by atoms with Gasteiger partial charge in [-0.2, -0.15) is 0 Å². The Hall–Kier alpha value is -0.120. The van der Waals surface area contributed by atoms with E-state index in [1.54, 1.807) is 0 Å². The Morgan fingerprint density at radius 1 is 1.06 bits per heavy atom. The summed E-state index contributed by atoms with van der Waals surface area (Å²) in [4.78, 5) is 0. The molecule has 0 saturated heterocycles. The molecule has 1 saturated carbocycles. The third kappa shape index (κ3) is 4.40. The van der Waals surface area contributed by atoms with Gasteiger partial charge >= 0.3 is 0 Å². The maximum atomic E-state index is 9.48. The minimum Gasteiger partial charge on any atom is -0.390 e. The van der Waals surface area contributed by atoms with E-state index in [0.717, 1.165) is 19.4 Å². The highest BCUT2D eigenvalue weighted by atomic mass is 16.6.